The number of carbonyl (C=O) groups excluding carboxylic acids is 1. The zero-order valence-corrected chi connectivity index (χ0v) is 21.8. The Kier molecular flexibility index (Phi) is 8.39. The zero-order chi connectivity index (χ0) is 29.6. The van der Waals surface area contributed by atoms with E-state index in [0.29, 0.717) is 5.56 Å². The number of ketones is 1. The minimum atomic E-state index is -1.75. The summed E-state index contributed by atoms with van der Waals surface area (Å²) in [6.07, 6.45) is -16.0. The Hall–Kier alpha value is -3.05. The molecule has 5 rings (SSSR count). The van der Waals surface area contributed by atoms with Crippen molar-refractivity contribution in [1.82, 2.24) is 0 Å². The lowest BCUT2D eigenvalue weighted by molar-refractivity contribution is -0.354. The fourth-order valence-corrected chi connectivity index (χ4v) is 5.07. The largest absolute Gasteiger partial charge is 0.508 e. The van der Waals surface area contributed by atoms with Gasteiger partial charge in [0.2, 0.25) is 6.29 Å². The molecule has 6 unspecified atom stereocenters. The zero-order valence-electron chi connectivity index (χ0n) is 21.8. The Morgan fingerprint density at radius 1 is 0.878 bits per heavy atom. The summed E-state index contributed by atoms with van der Waals surface area (Å²) in [6, 6.07) is 8.50. The number of Topliss-reactive ketones (excluding diaryl/α,β-unsaturated/α-hetero) is 1. The van der Waals surface area contributed by atoms with Gasteiger partial charge in [0, 0.05) is 12.1 Å². The molecule has 0 aliphatic carbocycles. The predicted octanol–water partition coefficient (Wildman–Crippen LogP) is -1.17. The monoisotopic (exact) mass is 580 g/mol. The number of hydrogen-bond acceptors (Lipinski definition) is 14. The normalized spacial score (nSPS) is 37.2. The highest BCUT2D eigenvalue weighted by Crippen LogP contribution is 2.43. The first-order valence-electron chi connectivity index (χ1n) is 13.0. The van der Waals surface area contributed by atoms with Crippen molar-refractivity contribution in [2.75, 3.05) is 6.61 Å². The minimum Gasteiger partial charge on any atom is -0.508 e. The van der Waals surface area contributed by atoms with E-state index in [1.807, 2.05) is 0 Å². The summed E-state index contributed by atoms with van der Waals surface area (Å²) in [4.78, 5) is 12.9. The summed E-state index contributed by atoms with van der Waals surface area (Å²) in [7, 11) is 0. The first kappa shape index (κ1) is 29.4. The van der Waals surface area contributed by atoms with Gasteiger partial charge in [0.1, 0.15) is 71.3 Å². The van der Waals surface area contributed by atoms with E-state index >= 15 is 0 Å². The molecule has 3 aliphatic heterocycles. The molecular weight excluding hydrogens is 548 g/mol. The van der Waals surface area contributed by atoms with Gasteiger partial charge in [-0.2, -0.15) is 0 Å². The molecule has 41 heavy (non-hydrogen) atoms. The molecule has 3 heterocycles. The molecule has 2 aromatic rings. The second-order valence-electron chi connectivity index (χ2n) is 10.2. The Balaban J connectivity index is 1.41. The molecule has 2 saturated heterocycles. The molecule has 0 aromatic heterocycles. The molecule has 0 saturated carbocycles. The Bertz CT molecular complexity index is 1240. The van der Waals surface area contributed by atoms with Gasteiger partial charge in [-0.15, -0.1) is 0 Å². The van der Waals surface area contributed by atoms with E-state index in [9.17, 15) is 45.6 Å². The molecule has 14 heteroatoms. The van der Waals surface area contributed by atoms with Crippen LogP contribution in [0.1, 0.15) is 35.4 Å². The third kappa shape index (κ3) is 5.70. The molecule has 0 radical (unpaired) electrons. The van der Waals surface area contributed by atoms with Crippen molar-refractivity contribution in [2.45, 2.75) is 80.9 Å². The maximum Gasteiger partial charge on any atom is 0.229 e. The van der Waals surface area contributed by atoms with Gasteiger partial charge in [-0.1, -0.05) is 12.1 Å². The molecule has 8 N–H and O–H groups in total. The van der Waals surface area contributed by atoms with Crippen LogP contribution in [-0.4, -0.2) is 115 Å². The summed E-state index contributed by atoms with van der Waals surface area (Å²) < 4.78 is 28.6. The summed E-state index contributed by atoms with van der Waals surface area (Å²) in [5.41, 5.74) is 0.529. The summed E-state index contributed by atoms with van der Waals surface area (Å²) in [5, 5.41) is 81.6. The van der Waals surface area contributed by atoms with Gasteiger partial charge >= 0.3 is 0 Å². The van der Waals surface area contributed by atoms with Gasteiger partial charge in [-0.3, -0.25) is 4.79 Å². The van der Waals surface area contributed by atoms with Crippen molar-refractivity contribution in [3.8, 4) is 23.0 Å². The van der Waals surface area contributed by atoms with Gasteiger partial charge in [0.25, 0.3) is 0 Å². The van der Waals surface area contributed by atoms with Crippen LogP contribution in [0.15, 0.2) is 36.4 Å². The number of aromatic hydroxyl groups is 2. The molecule has 0 amide bonds. The second-order valence-corrected chi connectivity index (χ2v) is 10.2. The highest BCUT2D eigenvalue weighted by atomic mass is 16.8. The molecule has 0 bridgehead atoms. The standard InChI is InChI=1S/C27H32O14/c1-10-20(32)22(34)24(36)26(37-10)41-25-23(35)21(33)18(9-28)40-27(25)38-13-6-14(30)19-15(31)8-16(39-17(19)7-13)11-2-4-12(29)5-3-11/h2-7,10,16,18,20-30,32-36H,8-9H2,1H3/t10-,16-,18?,20?,21+,22?,23?,24+,25?,26?,27+/m0/s1. The van der Waals surface area contributed by atoms with Crippen molar-refractivity contribution < 1.29 is 69.3 Å². The van der Waals surface area contributed by atoms with E-state index in [1.165, 1.54) is 25.1 Å². The second kappa shape index (κ2) is 11.7. The smallest absolute Gasteiger partial charge is 0.229 e. The maximum atomic E-state index is 12.9. The number of phenols is 2. The van der Waals surface area contributed by atoms with Gasteiger partial charge in [0.05, 0.1) is 19.1 Å². The number of ether oxygens (including phenoxy) is 5. The fourth-order valence-electron chi connectivity index (χ4n) is 5.07. The first-order chi connectivity index (χ1) is 19.5. The summed E-state index contributed by atoms with van der Waals surface area (Å²) >= 11 is 0. The highest BCUT2D eigenvalue weighted by molar-refractivity contribution is 6.02. The van der Waals surface area contributed by atoms with Crippen LogP contribution in [0.5, 0.6) is 23.0 Å². The number of phenolic OH excluding ortho intramolecular Hbond substituents is 2. The van der Waals surface area contributed by atoms with Crippen LogP contribution in [0.4, 0.5) is 0 Å². The topological polar surface area (TPSA) is 225 Å². The van der Waals surface area contributed by atoms with Crippen LogP contribution in [0, 0.1) is 0 Å². The van der Waals surface area contributed by atoms with Crippen LogP contribution in [0.3, 0.4) is 0 Å². The van der Waals surface area contributed by atoms with E-state index in [4.69, 9.17) is 23.7 Å². The number of aliphatic hydroxyl groups is 6. The van der Waals surface area contributed by atoms with Crippen molar-refractivity contribution in [1.29, 1.82) is 0 Å². The summed E-state index contributed by atoms with van der Waals surface area (Å²) in [6.45, 7) is 0.716. The van der Waals surface area contributed by atoms with Crippen LogP contribution in [-0.2, 0) is 14.2 Å². The Morgan fingerprint density at radius 3 is 2.27 bits per heavy atom. The lowest BCUT2D eigenvalue weighted by Crippen LogP contribution is -2.64. The van der Waals surface area contributed by atoms with Crippen molar-refractivity contribution in [3.05, 3.63) is 47.5 Å². The number of aliphatic hydroxyl groups excluding tert-OH is 6. The number of fused-ring (bicyclic) bond motifs is 1. The van der Waals surface area contributed by atoms with E-state index in [-0.39, 0.29) is 29.2 Å². The van der Waals surface area contributed by atoms with Crippen molar-refractivity contribution in [3.63, 3.8) is 0 Å². The quantitative estimate of drug-likeness (QED) is 0.202. The van der Waals surface area contributed by atoms with Crippen LogP contribution >= 0.6 is 0 Å². The number of rotatable bonds is 6. The third-order valence-corrected chi connectivity index (χ3v) is 7.42. The van der Waals surface area contributed by atoms with Crippen molar-refractivity contribution >= 4 is 5.78 Å². The number of hydrogen-bond donors (Lipinski definition) is 8. The molecule has 3 aliphatic rings. The minimum absolute atomic E-state index is 0.0149. The van der Waals surface area contributed by atoms with E-state index in [2.05, 4.69) is 0 Å². The lowest BCUT2D eigenvalue weighted by Gasteiger charge is -2.45. The molecular formula is C27H32O14. The van der Waals surface area contributed by atoms with Crippen LogP contribution < -0.4 is 9.47 Å². The molecule has 14 nitrogen and oxygen atoms in total. The van der Waals surface area contributed by atoms with Gasteiger partial charge in [-0.25, -0.2) is 0 Å². The SMILES string of the molecule is C[C@@H]1OC(OC2C(O)[C@H](O)C(CO)O[C@H]2Oc2cc(O)c3c(c2)O[C@H](c2ccc(O)cc2)CC3=O)[C@H](O)C(O)C1O. The maximum absolute atomic E-state index is 12.9. The molecule has 224 valence electrons. The lowest BCUT2D eigenvalue weighted by atomic mass is 9.95. The number of carbonyl (C=O) groups is 1. The van der Waals surface area contributed by atoms with Crippen LogP contribution in [0.25, 0.3) is 0 Å². The molecule has 2 aromatic carbocycles. The molecule has 2 fully saturated rings. The Labute approximate surface area is 233 Å². The third-order valence-electron chi connectivity index (χ3n) is 7.42. The van der Waals surface area contributed by atoms with E-state index < -0.39 is 85.7 Å². The van der Waals surface area contributed by atoms with Crippen LogP contribution in [0.2, 0.25) is 0 Å². The van der Waals surface area contributed by atoms with Gasteiger partial charge < -0.3 is 64.5 Å². The molecule has 0 spiro atoms. The average molecular weight is 581 g/mol. The van der Waals surface area contributed by atoms with E-state index in [1.54, 1.807) is 12.1 Å². The van der Waals surface area contributed by atoms with E-state index in [0.717, 1.165) is 6.07 Å². The van der Waals surface area contributed by atoms with Gasteiger partial charge in [0.15, 0.2) is 18.2 Å². The summed E-state index contributed by atoms with van der Waals surface area (Å²) in [5.74, 6) is -0.947. The first-order valence-corrected chi connectivity index (χ1v) is 13.0. The number of benzene rings is 2. The highest BCUT2D eigenvalue weighted by Gasteiger charge is 2.51. The molecule has 11 atom stereocenters. The predicted molar refractivity (Wildman–Crippen MR) is 134 cm³/mol. The average Bonchev–Trinajstić information content (AvgIpc) is 2.94. The fraction of sp³-hybridized carbons (Fsp3) is 0.519. The van der Waals surface area contributed by atoms with Crippen molar-refractivity contribution in [2.24, 2.45) is 0 Å². The van der Waals surface area contributed by atoms with Gasteiger partial charge in [-0.05, 0) is 24.6 Å². The Morgan fingerprint density at radius 2 is 1.59 bits per heavy atom.